The van der Waals surface area contributed by atoms with E-state index in [1.54, 1.807) is 0 Å². The highest BCUT2D eigenvalue weighted by atomic mass is 15.2. The van der Waals surface area contributed by atoms with Gasteiger partial charge < -0.3 is 5.73 Å². The van der Waals surface area contributed by atoms with E-state index in [0.29, 0.717) is 5.95 Å². The molecule has 1 heterocycles. The Hall–Kier alpha value is -1.77. The van der Waals surface area contributed by atoms with Crippen LogP contribution >= 0.6 is 0 Å². The number of rotatable bonds is 1. The minimum Gasteiger partial charge on any atom is -0.369 e. The van der Waals surface area contributed by atoms with Gasteiger partial charge in [-0.25, -0.2) is 4.98 Å². The van der Waals surface area contributed by atoms with Gasteiger partial charge in [0, 0.05) is 5.70 Å². The molecule has 66 valence electrons. The van der Waals surface area contributed by atoms with Crippen LogP contribution in [0.4, 0.5) is 5.95 Å². The summed E-state index contributed by atoms with van der Waals surface area (Å²) in [4.78, 5) is 4.21. The van der Waals surface area contributed by atoms with E-state index in [1.165, 1.54) is 0 Å². The average molecular weight is 173 g/mol. The molecular formula is C10H11N3. The first-order valence-electron chi connectivity index (χ1n) is 4.09. The third kappa shape index (κ3) is 1.09. The van der Waals surface area contributed by atoms with E-state index in [2.05, 4.69) is 11.6 Å². The van der Waals surface area contributed by atoms with Gasteiger partial charge in [0.15, 0.2) is 0 Å². The smallest absolute Gasteiger partial charge is 0.205 e. The molecular weight excluding hydrogens is 162 g/mol. The van der Waals surface area contributed by atoms with E-state index < -0.39 is 0 Å². The van der Waals surface area contributed by atoms with Crippen molar-refractivity contribution in [2.75, 3.05) is 5.73 Å². The van der Waals surface area contributed by atoms with E-state index in [0.717, 1.165) is 16.7 Å². The Morgan fingerprint density at radius 1 is 1.46 bits per heavy atom. The number of hydrogen-bond donors (Lipinski definition) is 1. The molecule has 2 aromatic rings. The van der Waals surface area contributed by atoms with Crippen LogP contribution < -0.4 is 5.73 Å². The normalized spacial score (nSPS) is 10.5. The number of nitrogens with two attached hydrogens (primary N) is 1. The van der Waals surface area contributed by atoms with Crippen LogP contribution in [0.2, 0.25) is 0 Å². The summed E-state index contributed by atoms with van der Waals surface area (Å²) in [6.07, 6.45) is 0. The van der Waals surface area contributed by atoms with E-state index in [1.807, 2.05) is 35.8 Å². The third-order valence-electron chi connectivity index (χ3n) is 1.97. The highest BCUT2D eigenvalue weighted by Crippen LogP contribution is 2.20. The van der Waals surface area contributed by atoms with E-state index >= 15 is 0 Å². The molecule has 13 heavy (non-hydrogen) atoms. The Kier molecular flexibility index (Phi) is 1.59. The van der Waals surface area contributed by atoms with Crippen LogP contribution in [0.5, 0.6) is 0 Å². The maximum atomic E-state index is 5.75. The fourth-order valence-corrected chi connectivity index (χ4v) is 1.45. The summed E-state index contributed by atoms with van der Waals surface area (Å²) in [6.45, 7) is 5.76. The second kappa shape index (κ2) is 2.62. The zero-order valence-electron chi connectivity index (χ0n) is 7.49. The van der Waals surface area contributed by atoms with Crippen molar-refractivity contribution in [2.24, 2.45) is 0 Å². The standard InChI is InChI=1S/C10H11N3/c1-7(2)13-9-6-4-3-5-8(9)12-10(13)11/h3-6H,1H2,2H3,(H2,11,12). The number of imidazole rings is 1. The molecule has 1 aromatic carbocycles. The lowest BCUT2D eigenvalue weighted by atomic mass is 10.3. The average Bonchev–Trinajstić information content (AvgIpc) is 2.39. The van der Waals surface area contributed by atoms with Gasteiger partial charge in [-0.2, -0.15) is 0 Å². The first kappa shape index (κ1) is 7.86. The van der Waals surface area contributed by atoms with Gasteiger partial charge in [0.2, 0.25) is 5.95 Å². The van der Waals surface area contributed by atoms with Crippen molar-refractivity contribution < 1.29 is 0 Å². The summed E-state index contributed by atoms with van der Waals surface area (Å²) in [5, 5.41) is 0. The van der Waals surface area contributed by atoms with Crippen LogP contribution in [0.15, 0.2) is 30.8 Å². The van der Waals surface area contributed by atoms with Gasteiger partial charge in [-0.15, -0.1) is 0 Å². The van der Waals surface area contributed by atoms with Gasteiger partial charge in [-0.05, 0) is 19.1 Å². The highest BCUT2D eigenvalue weighted by Gasteiger charge is 2.06. The Morgan fingerprint density at radius 3 is 2.85 bits per heavy atom. The molecule has 0 saturated heterocycles. The van der Waals surface area contributed by atoms with Gasteiger partial charge in [-0.3, -0.25) is 4.57 Å². The monoisotopic (exact) mass is 173 g/mol. The van der Waals surface area contributed by atoms with Crippen LogP contribution in [0.1, 0.15) is 6.92 Å². The number of aromatic nitrogens is 2. The lowest BCUT2D eigenvalue weighted by molar-refractivity contribution is 1.13. The molecule has 0 aliphatic rings. The van der Waals surface area contributed by atoms with Crippen molar-refractivity contribution in [1.82, 2.24) is 9.55 Å². The number of anilines is 1. The molecule has 3 nitrogen and oxygen atoms in total. The predicted octanol–water partition coefficient (Wildman–Crippen LogP) is 2.11. The summed E-state index contributed by atoms with van der Waals surface area (Å²) >= 11 is 0. The van der Waals surface area contributed by atoms with Crippen molar-refractivity contribution in [1.29, 1.82) is 0 Å². The number of allylic oxidation sites excluding steroid dienone is 1. The molecule has 0 atom stereocenters. The van der Waals surface area contributed by atoms with Gasteiger partial charge in [0.05, 0.1) is 11.0 Å². The largest absolute Gasteiger partial charge is 0.369 e. The first-order chi connectivity index (χ1) is 6.20. The minimum atomic E-state index is 0.494. The molecule has 0 amide bonds. The molecule has 0 unspecified atom stereocenters. The van der Waals surface area contributed by atoms with Crippen molar-refractivity contribution in [3.63, 3.8) is 0 Å². The number of hydrogen-bond acceptors (Lipinski definition) is 2. The van der Waals surface area contributed by atoms with Crippen LogP contribution in [0.25, 0.3) is 16.7 Å². The highest BCUT2D eigenvalue weighted by molar-refractivity contribution is 5.82. The molecule has 0 radical (unpaired) electrons. The predicted molar refractivity (Wildman–Crippen MR) is 55.1 cm³/mol. The first-order valence-corrected chi connectivity index (χ1v) is 4.09. The second-order valence-electron chi connectivity index (χ2n) is 3.03. The Balaban J connectivity index is 2.86. The van der Waals surface area contributed by atoms with E-state index in [-0.39, 0.29) is 0 Å². The number of benzene rings is 1. The molecule has 0 bridgehead atoms. The molecule has 3 heteroatoms. The van der Waals surface area contributed by atoms with E-state index in [4.69, 9.17) is 5.73 Å². The molecule has 0 saturated carbocycles. The fourth-order valence-electron chi connectivity index (χ4n) is 1.45. The molecule has 1 aromatic heterocycles. The van der Waals surface area contributed by atoms with Crippen LogP contribution in [0, 0.1) is 0 Å². The Bertz CT molecular complexity index is 468. The summed E-state index contributed by atoms with van der Waals surface area (Å²) in [7, 11) is 0. The lowest BCUT2D eigenvalue weighted by Gasteiger charge is -2.03. The van der Waals surface area contributed by atoms with Crippen LogP contribution in [-0.4, -0.2) is 9.55 Å². The maximum absolute atomic E-state index is 5.75. The second-order valence-corrected chi connectivity index (χ2v) is 3.03. The Labute approximate surface area is 76.5 Å². The summed E-state index contributed by atoms with van der Waals surface area (Å²) in [6, 6.07) is 7.82. The lowest BCUT2D eigenvalue weighted by Crippen LogP contribution is -1.98. The van der Waals surface area contributed by atoms with Crippen LogP contribution in [-0.2, 0) is 0 Å². The molecule has 0 aliphatic heterocycles. The number of nitrogens with zero attached hydrogens (tertiary/aromatic N) is 2. The van der Waals surface area contributed by atoms with Crippen molar-refractivity contribution in [2.45, 2.75) is 6.92 Å². The number of para-hydroxylation sites is 2. The zero-order chi connectivity index (χ0) is 9.42. The van der Waals surface area contributed by atoms with Crippen molar-refractivity contribution in [3.05, 3.63) is 30.8 Å². The van der Waals surface area contributed by atoms with Gasteiger partial charge in [0.1, 0.15) is 0 Å². The van der Waals surface area contributed by atoms with Crippen LogP contribution in [0.3, 0.4) is 0 Å². The van der Waals surface area contributed by atoms with Gasteiger partial charge in [-0.1, -0.05) is 18.7 Å². The van der Waals surface area contributed by atoms with Crippen molar-refractivity contribution in [3.8, 4) is 0 Å². The third-order valence-corrected chi connectivity index (χ3v) is 1.97. The molecule has 0 spiro atoms. The maximum Gasteiger partial charge on any atom is 0.205 e. The number of nitrogen functional groups attached to an aromatic ring is 1. The molecule has 2 rings (SSSR count). The fraction of sp³-hybridized carbons (Fsp3) is 0.100. The minimum absolute atomic E-state index is 0.494. The molecule has 0 fully saturated rings. The van der Waals surface area contributed by atoms with Crippen molar-refractivity contribution >= 4 is 22.7 Å². The zero-order valence-corrected chi connectivity index (χ0v) is 7.49. The van der Waals surface area contributed by atoms with Gasteiger partial charge in [0.25, 0.3) is 0 Å². The molecule has 2 N–H and O–H groups in total. The summed E-state index contributed by atoms with van der Waals surface area (Å²) in [5.41, 5.74) is 8.54. The summed E-state index contributed by atoms with van der Waals surface area (Å²) < 4.78 is 1.84. The van der Waals surface area contributed by atoms with Gasteiger partial charge >= 0.3 is 0 Å². The summed E-state index contributed by atoms with van der Waals surface area (Å²) in [5.74, 6) is 0.494. The number of fused-ring (bicyclic) bond motifs is 1. The quantitative estimate of drug-likeness (QED) is 0.717. The Morgan fingerprint density at radius 2 is 2.15 bits per heavy atom. The SMILES string of the molecule is C=C(C)n1c(N)nc2ccccc21. The van der Waals surface area contributed by atoms with E-state index in [9.17, 15) is 0 Å². The molecule has 0 aliphatic carbocycles. The topological polar surface area (TPSA) is 43.8 Å².